The van der Waals surface area contributed by atoms with Crippen molar-refractivity contribution in [3.8, 4) is 11.5 Å². The molecule has 1 aliphatic heterocycles. The largest absolute Gasteiger partial charge is 0.490 e. The van der Waals surface area contributed by atoms with Gasteiger partial charge in [-0.25, -0.2) is 5.01 Å². The molecule has 0 unspecified atom stereocenters. The topological polar surface area (TPSA) is 50.8 Å². The molecule has 1 N–H and O–H groups in total. The van der Waals surface area contributed by atoms with E-state index in [1.165, 1.54) is 16.8 Å². The predicted molar refractivity (Wildman–Crippen MR) is 127 cm³/mol. The molecular formula is C20H19IN2O3S2. The third-order valence-corrected chi connectivity index (χ3v) is 5.83. The average molecular weight is 526 g/mol. The number of carbonyl (C=O) groups excluding carboxylic acids is 1. The number of nitrogens with zero attached hydrogens (tertiary/aromatic N) is 1. The van der Waals surface area contributed by atoms with Gasteiger partial charge < -0.3 is 9.47 Å². The fourth-order valence-corrected chi connectivity index (χ4v) is 4.54. The summed E-state index contributed by atoms with van der Waals surface area (Å²) in [6.07, 6.45) is 1.83. The molecule has 0 radical (unpaired) electrons. The van der Waals surface area contributed by atoms with Gasteiger partial charge in [-0.1, -0.05) is 30.0 Å². The smallest absolute Gasteiger partial charge is 0.285 e. The van der Waals surface area contributed by atoms with E-state index in [1.807, 2.05) is 62.4 Å². The number of halogens is 1. The quantitative estimate of drug-likeness (QED) is 0.300. The Bertz CT molecular complexity index is 919. The molecule has 0 aliphatic carbocycles. The summed E-state index contributed by atoms with van der Waals surface area (Å²) < 4.78 is 12.8. The molecule has 0 spiro atoms. The Balaban J connectivity index is 1.87. The molecule has 28 heavy (non-hydrogen) atoms. The SMILES string of the molecule is CCOc1cc(C=C2SC(=S)N(Nc3ccccc3)C2=O)cc(I)c1OCC. The van der Waals surface area contributed by atoms with Crippen LogP contribution in [0.2, 0.25) is 0 Å². The molecule has 5 nitrogen and oxygen atoms in total. The van der Waals surface area contributed by atoms with Crippen molar-refractivity contribution >= 4 is 68.6 Å². The van der Waals surface area contributed by atoms with Crippen LogP contribution in [0, 0.1) is 3.57 Å². The Labute approximate surface area is 187 Å². The van der Waals surface area contributed by atoms with Crippen LogP contribution in [-0.2, 0) is 4.79 Å². The lowest BCUT2D eigenvalue weighted by molar-refractivity contribution is -0.121. The van der Waals surface area contributed by atoms with E-state index in [9.17, 15) is 4.79 Å². The molecule has 3 rings (SSSR count). The standard InChI is InChI=1S/C20H19IN2O3S2/c1-3-25-16-11-13(10-15(21)18(16)26-4-2)12-17-19(24)23(20(27)28-17)22-14-8-6-5-7-9-14/h5-12,22H,3-4H2,1-2H3. The van der Waals surface area contributed by atoms with Crippen molar-refractivity contribution in [2.75, 3.05) is 18.6 Å². The molecule has 146 valence electrons. The lowest BCUT2D eigenvalue weighted by Crippen LogP contribution is -2.33. The normalized spacial score (nSPS) is 15.2. The van der Waals surface area contributed by atoms with E-state index < -0.39 is 0 Å². The zero-order valence-electron chi connectivity index (χ0n) is 15.4. The number of benzene rings is 2. The Morgan fingerprint density at radius 3 is 2.57 bits per heavy atom. The number of thioether (sulfide) groups is 1. The minimum absolute atomic E-state index is 0.180. The lowest BCUT2D eigenvalue weighted by atomic mass is 10.2. The van der Waals surface area contributed by atoms with Gasteiger partial charge in [-0.3, -0.25) is 10.2 Å². The number of anilines is 1. The Morgan fingerprint density at radius 2 is 1.89 bits per heavy atom. The van der Waals surface area contributed by atoms with E-state index in [2.05, 4.69) is 28.0 Å². The number of hydrogen-bond acceptors (Lipinski definition) is 6. The number of amides is 1. The van der Waals surface area contributed by atoms with Crippen molar-refractivity contribution in [1.29, 1.82) is 0 Å². The molecule has 1 fully saturated rings. The van der Waals surface area contributed by atoms with Crippen molar-refractivity contribution in [3.63, 3.8) is 0 Å². The van der Waals surface area contributed by atoms with Gasteiger partial charge in [0.15, 0.2) is 15.8 Å². The van der Waals surface area contributed by atoms with E-state index in [-0.39, 0.29) is 5.91 Å². The van der Waals surface area contributed by atoms with Crippen LogP contribution in [0.15, 0.2) is 47.4 Å². The van der Waals surface area contributed by atoms with Gasteiger partial charge in [0.2, 0.25) is 0 Å². The van der Waals surface area contributed by atoms with Crippen molar-refractivity contribution in [1.82, 2.24) is 5.01 Å². The van der Waals surface area contributed by atoms with Crippen molar-refractivity contribution in [2.24, 2.45) is 0 Å². The van der Waals surface area contributed by atoms with Gasteiger partial charge in [0.1, 0.15) is 0 Å². The van der Waals surface area contributed by atoms with Gasteiger partial charge in [-0.15, -0.1) is 0 Å². The number of nitrogens with one attached hydrogen (secondary N) is 1. The van der Waals surface area contributed by atoms with Crippen LogP contribution in [-0.4, -0.2) is 28.5 Å². The first-order valence-electron chi connectivity index (χ1n) is 8.72. The summed E-state index contributed by atoms with van der Waals surface area (Å²) in [7, 11) is 0. The predicted octanol–water partition coefficient (Wildman–Crippen LogP) is 5.32. The highest BCUT2D eigenvalue weighted by atomic mass is 127. The fraction of sp³-hybridized carbons (Fsp3) is 0.200. The maximum absolute atomic E-state index is 12.8. The molecule has 0 bridgehead atoms. The van der Waals surface area contributed by atoms with Crippen LogP contribution in [0.3, 0.4) is 0 Å². The van der Waals surface area contributed by atoms with Crippen LogP contribution >= 0.6 is 46.6 Å². The maximum atomic E-state index is 12.8. The highest BCUT2D eigenvalue weighted by molar-refractivity contribution is 14.1. The molecular weight excluding hydrogens is 507 g/mol. The monoisotopic (exact) mass is 526 g/mol. The summed E-state index contributed by atoms with van der Waals surface area (Å²) in [5.74, 6) is 1.21. The summed E-state index contributed by atoms with van der Waals surface area (Å²) in [4.78, 5) is 13.4. The highest BCUT2D eigenvalue weighted by Crippen LogP contribution is 2.37. The molecule has 1 amide bonds. The molecule has 1 aliphatic rings. The lowest BCUT2D eigenvalue weighted by Gasteiger charge is -2.16. The summed E-state index contributed by atoms with van der Waals surface area (Å²) in [6.45, 7) is 4.95. The van der Waals surface area contributed by atoms with Crippen LogP contribution in [0.4, 0.5) is 5.69 Å². The molecule has 1 heterocycles. The van der Waals surface area contributed by atoms with E-state index >= 15 is 0 Å². The van der Waals surface area contributed by atoms with E-state index in [4.69, 9.17) is 21.7 Å². The highest BCUT2D eigenvalue weighted by Gasteiger charge is 2.32. The molecule has 0 saturated carbocycles. The Hall–Kier alpha value is -1.78. The van der Waals surface area contributed by atoms with Gasteiger partial charge >= 0.3 is 0 Å². The first-order valence-corrected chi connectivity index (χ1v) is 11.0. The van der Waals surface area contributed by atoms with Crippen LogP contribution in [0.25, 0.3) is 6.08 Å². The molecule has 1 saturated heterocycles. The van der Waals surface area contributed by atoms with Crippen LogP contribution < -0.4 is 14.9 Å². The third-order valence-electron chi connectivity index (χ3n) is 3.73. The number of hydrazine groups is 1. The van der Waals surface area contributed by atoms with Crippen molar-refractivity contribution in [3.05, 3.63) is 56.5 Å². The minimum Gasteiger partial charge on any atom is -0.490 e. The van der Waals surface area contributed by atoms with Crippen LogP contribution in [0.5, 0.6) is 11.5 Å². The Kier molecular flexibility index (Phi) is 7.19. The summed E-state index contributed by atoms with van der Waals surface area (Å²) in [6, 6.07) is 13.3. The summed E-state index contributed by atoms with van der Waals surface area (Å²) in [5, 5.41) is 1.39. The average Bonchev–Trinajstić information content (AvgIpc) is 2.93. The number of ether oxygens (including phenoxy) is 2. The van der Waals surface area contributed by atoms with E-state index in [0.717, 1.165) is 20.6 Å². The second-order valence-electron chi connectivity index (χ2n) is 5.69. The van der Waals surface area contributed by atoms with Gasteiger partial charge in [0, 0.05) is 0 Å². The van der Waals surface area contributed by atoms with Gasteiger partial charge in [0.05, 0.1) is 27.4 Å². The first-order chi connectivity index (χ1) is 13.5. The number of thiocarbonyl (C=S) groups is 1. The fourth-order valence-electron chi connectivity index (χ4n) is 2.58. The second kappa shape index (κ2) is 9.62. The molecule has 2 aromatic rings. The number of carbonyl (C=O) groups is 1. The molecule has 0 aromatic heterocycles. The number of rotatable bonds is 7. The zero-order chi connectivity index (χ0) is 20.1. The third kappa shape index (κ3) is 4.79. The summed E-state index contributed by atoms with van der Waals surface area (Å²) >= 11 is 8.86. The molecule has 8 heteroatoms. The first kappa shape index (κ1) is 20.9. The number of para-hydroxylation sites is 1. The van der Waals surface area contributed by atoms with Gasteiger partial charge in [-0.2, -0.15) is 0 Å². The second-order valence-corrected chi connectivity index (χ2v) is 8.53. The zero-order valence-corrected chi connectivity index (χ0v) is 19.2. The van der Waals surface area contributed by atoms with Crippen molar-refractivity contribution < 1.29 is 14.3 Å². The van der Waals surface area contributed by atoms with E-state index in [1.54, 1.807) is 0 Å². The van der Waals surface area contributed by atoms with Crippen LogP contribution in [0.1, 0.15) is 19.4 Å². The Morgan fingerprint density at radius 1 is 1.18 bits per heavy atom. The molecule has 0 atom stereocenters. The minimum atomic E-state index is -0.180. The number of hydrogen-bond donors (Lipinski definition) is 1. The summed E-state index contributed by atoms with van der Waals surface area (Å²) in [5.41, 5.74) is 4.72. The van der Waals surface area contributed by atoms with Gasteiger partial charge in [0.25, 0.3) is 5.91 Å². The molecule has 2 aromatic carbocycles. The van der Waals surface area contributed by atoms with Gasteiger partial charge in [-0.05, 0) is 84.6 Å². The maximum Gasteiger partial charge on any atom is 0.285 e. The van der Waals surface area contributed by atoms with E-state index in [0.29, 0.717) is 28.2 Å². The van der Waals surface area contributed by atoms with Crippen molar-refractivity contribution in [2.45, 2.75) is 13.8 Å².